The van der Waals surface area contributed by atoms with E-state index in [-0.39, 0.29) is 0 Å². The number of hydrogen-bond donors (Lipinski definition) is 1. The zero-order chi connectivity index (χ0) is 26.9. The first-order valence-electron chi connectivity index (χ1n) is 13.2. The minimum absolute atomic E-state index is 0.405. The second-order valence-electron chi connectivity index (χ2n) is 10.1. The normalized spacial score (nSPS) is 13.1. The van der Waals surface area contributed by atoms with Gasteiger partial charge in [0, 0.05) is 16.8 Å². The summed E-state index contributed by atoms with van der Waals surface area (Å²) < 4.78 is 0. The Morgan fingerprint density at radius 3 is 1.84 bits per heavy atom. The van der Waals surface area contributed by atoms with Gasteiger partial charge in [-0.25, -0.2) is 0 Å². The highest BCUT2D eigenvalue weighted by atomic mass is 14.9. The summed E-state index contributed by atoms with van der Waals surface area (Å²) in [6.07, 6.45) is 2.20. The molecule has 37 heavy (non-hydrogen) atoms. The lowest BCUT2D eigenvalue weighted by Crippen LogP contribution is -2.13. The molecule has 0 fully saturated rings. The maximum absolute atomic E-state index is 5.16. The van der Waals surface area contributed by atoms with Crippen LogP contribution in [0.15, 0.2) is 106 Å². The van der Waals surface area contributed by atoms with Crippen LogP contribution in [0.5, 0.6) is 0 Å². The number of aliphatic imine (C=N–C) groups is 2. The summed E-state index contributed by atoms with van der Waals surface area (Å²) in [5.74, 6) is 0.832. The van der Waals surface area contributed by atoms with Gasteiger partial charge in [-0.05, 0) is 61.6 Å². The minimum Gasteiger partial charge on any atom is -0.377 e. The van der Waals surface area contributed by atoms with Crippen LogP contribution in [0.2, 0.25) is 0 Å². The molecule has 0 heterocycles. The van der Waals surface area contributed by atoms with Crippen LogP contribution in [0.4, 0.5) is 11.4 Å². The van der Waals surface area contributed by atoms with E-state index < -0.39 is 0 Å². The Labute approximate surface area is 223 Å². The van der Waals surface area contributed by atoms with E-state index >= 15 is 0 Å². The molecule has 0 aliphatic rings. The van der Waals surface area contributed by atoms with Crippen molar-refractivity contribution in [1.29, 1.82) is 0 Å². The molecule has 0 unspecified atom stereocenters. The predicted molar refractivity (Wildman–Crippen MR) is 164 cm³/mol. The van der Waals surface area contributed by atoms with Gasteiger partial charge >= 0.3 is 0 Å². The molecule has 3 aromatic rings. The third kappa shape index (κ3) is 6.74. The fourth-order valence-electron chi connectivity index (χ4n) is 4.49. The van der Waals surface area contributed by atoms with Gasteiger partial charge in [-0.2, -0.15) is 0 Å². The molecular weight excluding hydrogens is 450 g/mol. The Balaban J connectivity index is 2.09. The van der Waals surface area contributed by atoms with Crippen molar-refractivity contribution in [2.75, 3.05) is 11.9 Å². The molecule has 0 spiro atoms. The largest absolute Gasteiger partial charge is 0.377 e. The third-order valence-corrected chi connectivity index (χ3v) is 6.78. The van der Waals surface area contributed by atoms with Gasteiger partial charge < -0.3 is 5.32 Å². The quantitative estimate of drug-likeness (QED) is 0.222. The third-order valence-electron chi connectivity index (χ3n) is 6.78. The number of nitrogens with zero attached hydrogens (tertiary/aromatic N) is 2. The zero-order valence-electron chi connectivity index (χ0n) is 23.5. The molecule has 3 aromatic carbocycles. The average molecular weight is 492 g/mol. The first-order chi connectivity index (χ1) is 17.8. The van der Waals surface area contributed by atoms with Crippen molar-refractivity contribution in [3.8, 4) is 22.3 Å². The van der Waals surface area contributed by atoms with Crippen LogP contribution in [0.25, 0.3) is 22.3 Å². The lowest BCUT2D eigenvalue weighted by Gasteiger charge is -2.20. The van der Waals surface area contributed by atoms with Crippen molar-refractivity contribution in [3.05, 3.63) is 95.7 Å². The Bertz CT molecular complexity index is 1290. The monoisotopic (exact) mass is 491 g/mol. The van der Waals surface area contributed by atoms with Crippen LogP contribution in [0, 0.1) is 11.8 Å². The lowest BCUT2D eigenvalue weighted by atomic mass is 9.92. The number of hydrogen-bond acceptors (Lipinski definition) is 3. The molecule has 0 aromatic heterocycles. The highest BCUT2D eigenvalue weighted by Crippen LogP contribution is 2.43. The van der Waals surface area contributed by atoms with Gasteiger partial charge in [0.15, 0.2) is 0 Å². The van der Waals surface area contributed by atoms with E-state index in [1.54, 1.807) is 0 Å². The topological polar surface area (TPSA) is 36.8 Å². The molecule has 0 bridgehead atoms. The van der Waals surface area contributed by atoms with Gasteiger partial charge in [-0.3, -0.25) is 9.98 Å². The molecule has 0 aliphatic carbocycles. The lowest BCUT2D eigenvalue weighted by molar-refractivity contribution is 0.725. The molecule has 3 heteroatoms. The van der Waals surface area contributed by atoms with Crippen molar-refractivity contribution in [1.82, 2.24) is 0 Å². The summed E-state index contributed by atoms with van der Waals surface area (Å²) in [5, 5.41) is 3.69. The number of anilines is 1. The van der Waals surface area contributed by atoms with Gasteiger partial charge in [0.25, 0.3) is 0 Å². The Morgan fingerprint density at radius 2 is 1.35 bits per heavy atom. The van der Waals surface area contributed by atoms with Crippen molar-refractivity contribution in [2.45, 2.75) is 48.5 Å². The summed E-state index contributed by atoms with van der Waals surface area (Å²) >= 11 is 0. The standard InChI is InChI=1S/C34H41N3/c1-9-29(24(4)5)32(26(7)23(2)3)37-25(6)22-36-34-31(28-18-14-11-15-19-28)21-20-30(33(34)35-8)27-16-12-10-13-17-27/h9-21,23-24,36H,8,22H2,1-7H3/b29-9-,32-26-,37-25?. The predicted octanol–water partition coefficient (Wildman–Crippen LogP) is 9.76. The van der Waals surface area contributed by atoms with E-state index in [1.165, 1.54) is 11.1 Å². The second-order valence-corrected chi connectivity index (χ2v) is 10.1. The molecule has 0 aliphatic heterocycles. The van der Waals surface area contributed by atoms with Gasteiger partial charge in [0.2, 0.25) is 0 Å². The molecule has 0 saturated heterocycles. The number of benzene rings is 3. The Hall–Kier alpha value is -3.72. The Morgan fingerprint density at radius 1 is 0.811 bits per heavy atom. The maximum atomic E-state index is 5.16. The minimum atomic E-state index is 0.405. The average Bonchev–Trinajstić information content (AvgIpc) is 2.91. The Kier molecular flexibility index (Phi) is 9.79. The van der Waals surface area contributed by atoms with E-state index in [9.17, 15) is 0 Å². The summed E-state index contributed by atoms with van der Waals surface area (Å²) in [5.41, 5.74) is 11.0. The van der Waals surface area contributed by atoms with Crippen molar-refractivity contribution in [2.24, 2.45) is 21.8 Å². The van der Waals surface area contributed by atoms with E-state index in [1.807, 2.05) is 12.1 Å². The summed E-state index contributed by atoms with van der Waals surface area (Å²) in [4.78, 5) is 9.68. The molecule has 0 saturated carbocycles. The first-order valence-corrected chi connectivity index (χ1v) is 13.2. The highest BCUT2D eigenvalue weighted by molar-refractivity contribution is 5.97. The SMILES string of the molecule is C=Nc1c(-c2ccccc2)ccc(-c2ccccc2)c1NCC(C)=NC(/C(=C\C)C(C)C)=C(/C)C(C)C. The van der Waals surface area contributed by atoms with Crippen molar-refractivity contribution >= 4 is 23.8 Å². The van der Waals surface area contributed by atoms with Crippen molar-refractivity contribution in [3.63, 3.8) is 0 Å². The van der Waals surface area contributed by atoms with Crippen LogP contribution in [-0.2, 0) is 0 Å². The molecule has 3 nitrogen and oxygen atoms in total. The molecule has 0 amide bonds. The van der Waals surface area contributed by atoms with Gasteiger partial charge in [0.05, 0.1) is 23.6 Å². The van der Waals surface area contributed by atoms with Crippen molar-refractivity contribution < 1.29 is 0 Å². The van der Waals surface area contributed by atoms with Crippen LogP contribution >= 0.6 is 0 Å². The smallest absolute Gasteiger partial charge is 0.0938 e. The molecule has 1 N–H and O–H groups in total. The first kappa shape index (κ1) is 27.9. The molecular formula is C34H41N3. The zero-order valence-corrected chi connectivity index (χ0v) is 23.5. The summed E-state index contributed by atoms with van der Waals surface area (Å²) in [6, 6.07) is 25.1. The van der Waals surface area contributed by atoms with Crippen LogP contribution in [-0.4, -0.2) is 19.0 Å². The van der Waals surface area contributed by atoms with E-state index in [0.717, 1.165) is 45.0 Å². The number of rotatable bonds is 10. The summed E-state index contributed by atoms with van der Waals surface area (Å²) in [6.45, 7) is 19.9. The molecule has 0 radical (unpaired) electrons. The fraction of sp³-hybridized carbons (Fsp3) is 0.294. The number of nitrogens with one attached hydrogen (secondary N) is 1. The van der Waals surface area contributed by atoms with E-state index in [2.05, 4.69) is 132 Å². The van der Waals surface area contributed by atoms with Gasteiger partial charge in [0.1, 0.15) is 0 Å². The van der Waals surface area contributed by atoms with Crippen LogP contribution < -0.4 is 5.32 Å². The van der Waals surface area contributed by atoms with Gasteiger partial charge in [-0.1, -0.05) is 107 Å². The summed E-state index contributed by atoms with van der Waals surface area (Å²) in [7, 11) is 0. The van der Waals surface area contributed by atoms with Gasteiger partial charge in [-0.15, -0.1) is 0 Å². The fourth-order valence-corrected chi connectivity index (χ4v) is 4.49. The van der Waals surface area contributed by atoms with Crippen LogP contribution in [0.3, 0.4) is 0 Å². The maximum Gasteiger partial charge on any atom is 0.0938 e. The second kappa shape index (κ2) is 13.0. The van der Waals surface area contributed by atoms with E-state index in [4.69, 9.17) is 4.99 Å². The molecule has 0 atom stereocenters. The van der Waals surface area contributed by atoms with E-state index in [0.29, 0.717) is 18.4 Å². The number of allylic oxidation sites excluding steroid dienone is 3. The van der Waals surface area contributed by atoms with Crippen LogP contribution in [0.1, 0.15) is 48.5 Å². The highest BCUT2D eigenvalue weighted by Gasteiger charge is 2.17. The molecule has 3 rings (SSSR count). The molecule has 192 valence electrons.